The summed E-state index contributed by atoms with van der Waals surface area (Å²) in [6, 6.07) is 7.52. The molecule has 0 fully saturated rings. The number of phenols is 1. The molecule has 0 saturated heterocycles. The van der Waals surface area contributed by atoms with Crippen LogP contribution in [0.3, 0.4) is 0 Å². The maximum Gasteiger partial charge on any atom is 0.336 e. The van der Waals surface area contributed by atoms with Crippen LogP contribution >= 0.6 is 11.3 Å². The lowest BCUT2D eigenvalue weighted by Gasteiger charge is -2.23. The molecule has 1 aromatic carbocycles. The standard InChI is InChI=1S/C13H12O4S/c1-13(17,8-2-4-9(14)5-3-8)11-10(12(15)16)6-7-18-11/h2-7,14,17H,1H3,(H,15,16). The van der Waals surface area contributed by atoms with Crippen LogP contribution in [0.25, 0.3) is 0 Å². The van der Waals surface area contributed by atoms with E-state index in [1.54, 1.807) is 17.5 Å². The average Bonchev–Trinajstić information content (AvgIpc) is 2.79. The fourth-order valence-electron chi connectivity index (χ4n) is 1.77. The molecule has 1 atom stereocenters. The second-order valence-corrected chi connectivity index (χ2v) is 5.00. The van der Waals surface area contributed by atoms with Crippen molar-refractivity contribution >= 4 is 17.3 Å². The number of phenolic OH excluding ortho intramolecular Hbond substituents is 1. The first-order valence-electron chi connectivity index (χ1n) is 5.26. The van der Waals surface area contributed by atoms with Gasteiger partial charge in [0.15, 0.2) is 0 Å². The van der Waals surface area contributed by atoms with Crippen LogP contribution < -0.4 is 0 Å². The van der Waals surface area contributed by atoms with Gasteiger partial charge in [-0.1, -0.05) is 12.1 Å². The summed E-state index contributed by atoms with van der Waals surface area (Å²) < 4.78 is 0. The van der Waals surface area contributed by atoms with Crippen molar-refractivity contribution in [2.24, 2.45) is 0 Å². The van der Waals surface area contributed by atoms with Crippen molar-refractivity contribution in [3.8, 4) is 5.75 Å². The largest absolute Gasteiger partial charge is 0.508 e. The Morgan fingerprint density at radius 2 is 1.83 bits per heavy atom. The Kier molecular flexibility index (Phi) is 3.11. The first-order chi connectivity index (χ1) is 8.43. The first-order valence-corrected chi connectivity index (χ1v) is 6.14. The quantitative estimate of drug-likeness (QED) is 0.795. The second-order valence-electron chi connectivity index (χ2n) is 4.09. The highest BCUT2D eigenvalue weighted by molar-refractivity contribution is 7.10. The fourth-order valence-corrected chi connectivity index (χ4v) is 2.74. The van der Waals surface area contributed by atoms with Gasteiger partial charge in [-0.05, 0) is 36.1 Å². The van der Waals surface area contributed by atoms with E-state index in [1.165, 1.54) is 36.5 Å². The van der Waals surface area contributed by atoms with E-state index in [9.17, 15) is 15.0 Å². The van der Waals surface area contributed by atoms with E-state index in [1.807, 2.05) is 0 Å². The number of aliphatic hydroxyl groups is 1. The molecule has 0 radical (unpaired) electrons. The Balaban J connectivity index is 2.50. The average molecular weight is 264 g/mol. The van der Waals surface area contributed by atoms with Gasteiger partial charge in [0, 0.05) is 0 Å². The Labute approximate surface area is 108 Å². The zero-order valence-electron chi connectivity index (χ0n) is 9.62. The van der Waals surface area contributed by atoms with Crippen molar-refractivity contribution in [2.45, 2.75) is 12.5 Å². The summed E-state index contributed by atoms with van der Waals surface area (Å²) in [5.74, 6) is -0.968. The molecule has 18 heavy (non-hydrogen) atoms. The van der Waals surface area contributed by atoms with Gasteiger partial charge in [-0.25, -0.2) is 4.79 Å². The van der Waals surface area contributed by atoms with Gasteiger partial charge in [-0.3, -0.25) is 0 Å². The van der Waals surface area contributed by atoms with Gasteiger partial charge in [-0.2, -0.15) is 0 Å². The molecular weight excluding hydrogens is 252 g/mol. The van der Waals surface area contributed by atoms with Gasteiger partial charge in [-0.15, -0.1) is 11.3 Å². The van der Waals surface area contributed by atoms with Crippen molar-refractivity contribution in [2.75, 3.05) is 0 Å². The van der Waals surface area contributed by atoms with Crippen molar-refractivity contribution < 1.29 is 20.1 Å². The van der Waals surface area contributed by atoms with Gasteiger partial charge in [0.2, 0.25) is 0 Å². The molecule has 1 unspecified atom stereocenters. The van der Waals surface area contributed by atoms with Crippen LogP contribution in [-0.2, 0) is 5.60 Å². The molecule has 0 aliphatic carbocycles. The topological polar surface area (TPSA) is 77.8 Å². The number of thiophene rings is 1. The number of aromatic hydroxyl groups is 1. The van der Waals surface area contributed by atoms with Gasteiger partial charge in [0.1, 0.15) is 11.4 Å². The maximum absolute atomic E-state index is 11.1. The number of carboxylic acid groups (broad SMARTS) is 1. The summed E-state index contributed by atoms with van der Waals surface area (Å²) >= 11 is 1.19. The van der Waals surface area contributed by atoms with E-state index in [0.29, 0.717) is 10.4 Å². The van der Waals surface area contributed by atoms with E-state index in [2.05, 4.69) is 0 Å². The molecule has 0 saturated carbocycles. The molecule has 3 N–H and O–H groups in total. The summed E-state index contributed by atoms with van der Waals surface area (Å²) in [6.07, 6.45) is 0. The summed E-state index contributed by atoms with van der Waals surface area (Å²) in [6.45, 7) is 1.54. The van der Waals surface area contributed by atoms with Crippen LogP contribution in [0, 0.1) is 0 Å². The summed E-state index contributed by atoms with van der Waals surface area (Å²) in [4.78, 5) is 11.4. The third-order valence-corrected chi connectivity index (χ3v) is 3.89. The van der Waals surface area contributed by atoms with Gasteiger partial charge >= 0.3 is 5.97 Å². The van der Waals surface area contributed by atoms with E-state index in [0.717, 1.165) is 0 Å². The van der Waals surface area contributed by atoms with Gasteiger partial charge in [0.25, 0.3) is 0 Å². The van der Waals surface area contributed by atoms with Crippen molar-refractivity contribution in [1.29, 1.82) is 0 Å². The van der Waals surface area contributed by atoms with E-state index < -0.39 is 11.6 Å². The molecule has 0 amide bonds. The van der Waals surface area contributed by atoms with Crippen molar-refractivity contribution in [1.82, 2.24) is 0 Å². The molecule has 1 aromatic heterocycles. The predicted octanol–water partition coefficient (Wildman–Crippen LogP) is 2.41. The number of carboxylic acids is 1. The third-order valence-electron chi connectivity index (χ3n) is 2.77. The van der Waals surface area contributed by atoms with Crippen LogP contribution in [0.1, 0.15) is 27.7 Å². The SMILES string of the molecule is CC(O)(c1ccc(O)cc1)c1sccc1C(=O)O. The smallest absolute Gasteiger partial charge is 0.336 e. The molecule has 0 spiro atoms. The number of carbonyl (C=O) groups is 1. The third kappa shape index (κ3) is 2.10. The Morgan fingerprint density at radius 1 is 1.22 bits per heavy atom. The summed E-state index contributed by atoms with van der Waals surface area (Å²) in [5.41, 5.74) is -0.765. The van der Waals surface area contributed by atoms with Crippen LogP contribution in [-0.4, -0.2) is 21.3 Å². The highest BCUT2D eigenvalue weighted by Gasteiger charge is 2.31. The van der Waals surface area contributed by atoms with E-state index >= 15 is 0 Å². The van der Waals surface area contributed by atoms with Crippen molar-refractivity contribution in [3.63, 3.8) is 0 Å². The molecule has 94 valence electrons. The monoisotopic (exact) mass is 264 g/mol. The maximum atomic E-state index is 11.1. The normalized spacial score (nSPS) is 14.1. The predicted molar refractivity (Wildman–Crippen MR) is 68.1 cm³/mol. The molecule has 2 aromatic rings. The molecule has 0 bridgehead atoms. The minimum Gasteiger partial charge on any atom is -0.508 e. The highest BCUT2D eigenvalue weighted by Crippen LogP contribution is 2.35. The zero-order valence-corrected chi connectivity index (χ0v) is 10.4. The van der Waals surface area contributed by atoms with Crippen LogP contribution in [0.5, 0.6) is 5.75 Å². The number of hydrogen-bond acceptors (Lipinski definition) is 4. The molecule has 0 aliphatic rings. The number of aromatic carboxylic acids is 1. The summed E-state index contributed by atoms with van der Waals surface area (Å²) in [7, 11) is 0. The molecular formula is C13H12O4S. The second kappa shape index (κ2) is 4.44. The van der Waals surface area contributed by atoms with Crippen LogP contribution in [0.2, 0.25) is 0 Å². The fraction of sp³-hybridized carbons (Fsp3) is 0.154. The number of rotatable bonds is 3. The minimum atomic E-state index is -1.39. The van der Waals surface area contributed by atoms with Gasteiger partial charge < -0.3 is 15.3 Å². The molecule has 2 rings (SSSR count). The number of hydrogen-bond donors (Lipinski definition) is 3. The first kappa shape index (κ1) is 12.6. The lowest BCUT2D eigenvalue weighted by atomic mass is 9.92. The molecule has 4 nitrogen and oxygen atoms in total. The lowest BCUT2D eigenvalue weighted by molar-refractivity contribution is 0.0674. The highest BCUT2D eigenvalue weighted by atomic mass is 32.1. The van der Waals surface area contributed by atoms with Crippen LogP contribution in [0.4, 0.5) is 0 Å². The molecule has 1 heterocycles. The molecule has 5 heteroatoms. The lowest BCUT2D eigenvalue weighted by Crippen LogP contribution is -2.23. The molecule has 0 aliphatic heterocycles. The van der Waals surface area contributed by atoms with Crippen molar-refractivity contribution in [3.05, 3.63) is 51.7 Å². The van der Waals surface area contributed by atoms with Gasteiger partial charge in [0.05, 0.1) is 10.4 Å². The van der Waals surface area contributed by atoms with E-state index in [-0.39, 0.29) is 11.3 Å². The number of benzene rings is 1. The Morgan fingerprint density at radius 3 is 2.39 bits per heavy atom. The zero-order chi connectivity index (χ0) is 13.3. The van der Waals surface area contributed by atoms with Crippen LogP contribution in [0.15, 0.2) is 35.7 Å². The van der Waals surface area contributed by atoms with E-state index in [4.69, 9.17) is 5.11 Å². The minimum absolute atomic E-state index is 0.0954. The Hall–Kier alpha value is -1.85. The Bertz CT molecular complexity index is 569. The summed E-state index contributed by atoms with van der Waals surface area (Å²) in [5, 5.41) is 30.5.